The van der Waals surface area contributed by atoms with Gasteiger partial charge in [-0.15, -0.1) is 0 Å². The van der Waals surface area contributed by atoms with Crippen molar-refractivity contribution in [3.05, 3.63) is 47.2 Å². The van der Waals surface area contributed by atoms with E-state index in [1.807, 2.05) is 11.8 Å². The van der Waals surface area contributed by atoms with Gasteiger partial charge in [-0.3, -0.25) is 4.79 Å². The third kappa shape index (κ3) is 3.30. The Hall–Kier alpha value is -3.17. The SMILES string of the molecule is COc1cc(C(=O)N2C3CC[C@H]2CCC3c2cc(C(F)F)nc3ncnn23)cc(C)n1. The lowest BCUT2D eigenvalue weighted by molar-refractivity contribution is 0.0553. The quantitative estimate of drug-likeness (QED) is 0.634. The molecular formula is C21H22F2N6O2. The van der Waals surface area contributed by atoms with E-state index in [0.717, 1.165) is 25.7 Å². The zero-order valence-corrected chi connectivity index (χ0v) is 17.2. The molecule has 5 heterocycles. The van der Waals surface area contributed by atoms with Crippen LogP contribution < -0.4 is 4.74 Å². The topological polar surface area (TPSA) is 85.5 Å². The summed E-state index contributed by atoms with van der Waals surface area (Å²) < 4.78 is 33.7. The van der Waals surface area contributed by atoms with Gasteiger partial charge in [0.15, 0.2) is 0 Å². The summed E-state index contributed by atoms with van der Waals surface area (Å²) in [6.07, 6.45) is 1.91. The fourth-order valence-corrected chi connectivity index (χ4v) is 5.06. The van der Waals surface area contributed by atoms with Crippen LogP contribution in [0.1, 0.15) is 65.5 Å². The average molecular weight is 428 g/mol. The molecular weight excluding hydrogens is 406 g/mol. The summed E-state index contributed by atoms with van der Waals surface area (Å²) in [5, 5.41) is 4.21. The molecule has 1 amide bonds. The molecule has 0 radical (unpaired) electrons. The predicted octanol–water partition coefficient (Wildman–Crippen LogP) is 3.32. The number of fused-ring (bicyclic) bond motifs is 3. The highest BCUT2D eigenvalue weighted by atomic mass is 19.3. The van der Waals surface area contributed by atoms with Gasteiger partial charge in [-0.25, -0.2) is 23.3 Å². The van der Waals surface area contributed by atoms with Gasteiger partial charge in [0.25, 0.3) is 18.1 Å². The number of carbonyl (C=O) groups excluding carboxylic acids is 1. The van der Waals surface area contributed by atoms with E-state index in [4.69, 9.17) is 4.74 Å². The molecule has 5 rings (SSSR count). The number of alkyl halides is 2. The van der Waals surface area contributed by atoms with Crippen LogP contribution in [0.4, 0.5) is 8.78 Å². The summed E-state index contributed by atoms with van der Waals surface area (Å²) in [4.78, 5) is 27.6. The molecule has 0 saturated carbocycles. The summed E-state index contributed by atoms with van der Waals surface area (Å²) in [7, 11) is 1.52. The van der Waals surface area contributed by atoms with E-state index >= 15 is 0 Å². The summed E-state index contributed by atoms with van der Waals surface area (Å²) in [5.41, 5.74) is 1.53. The minimum atomic E-state index is -2.70. The van der Waals surface area contributed by atoms with Crippen molar-refractivity contribution in [2.24, 2.45) is 0 Å². The molecule has 2 fully saturated rings. The molecule has 10 heteroatoms. The van der Waals surface area contributed by atoms with Crippen molar-refractivity contribution < 1.29 is 18.3 Å². The van der Waals surface area contributed by atoms with E-state index in [0.29, 0.717) is 22.8 Å². The minimum Gasteiger partial charge on any atom is -0.481 e. The van der Waals surface area contributed by atoms with Crippen molar-refractivity contribution in [2.75, 3.05) is 7.11 Å². The lowest BCUT2D eigenvalue weighted by atomic mass is 9.86. The Morgan fingerprint density at radius 2 is 1.97 bits per heavy atom. The number of aromatic nitrogens is 5. The van der Waals surface area contributed by atoms with Gasteiger partial charge in [0.1, 0.15) is 12.0 Å². The van der Waals surface area contributed by atoms with Crippen LogP contribution in [0.5, 0.6) is 5.88 Å². The van der Waals surface area contributed by atoms with E-state index in [1.165, 1.54) is 24.0 Å². The Labute approximate surface area is 177 Å². The smallest absolute Gasteiger partial charge is 0.280 e. The first-order chi connectivity index (χ1) is 15.0. The van der Waals surface area contributed by atoms with Crippen LogP contribution in [0.3, 0.4) is 0 Å². The zero-order valence-electron chi connectivity index (χ0n) is 17.2. The van der Waals surface area contributed by atoms with Gasteiger partial charge >= 0.3 is 0 Å². The van der Waals surface area contributed by atoms with Gasteiger partial charge in [-0.1, -0.05) is 0 Å². The molecule has 0 spiro atoms. The summed E-state index contributed by atoms with van der Waals surface area (Å²) >= 11 is 0. The molecule has 0 aliphatic carbocycles. The van der Waals surface area contributed by atoms with Crippen molar-refractivity contribution in [3.63, 3.8) is 0 Å². The summed E-state index contributed by atoms with van der Waals surface area (Å²) in [5.74, 6) is 0.334. The molecule has 2 aliphatic heterocycles. The van der Waals surface area contributed by atoms with Crippen LogP contribution in [0, 0.1) is 6.92 Å². The van der Waals surface area contributed by atoms with E-state index < -0.39 is 6.43 Å². The van der Waals surface area contributed by atoms with Gasteiger partial charge in [0.05, 0.1) is 12.8 Å². The highest BCUT2D eigenvalue weighted by Crippen LogP contribution is 2.45. The molecule has 8 nitrogen and oxygen atoms in total. The van der Waals surface area contributed by atoms with E-state index in [-0.39, 0.29) is 35.4 Å². The van der Waals surface area contributed by atoms with Crippen molar-refractivity contribution >= 4 is 11.7 Å². The molecule has 0 aromatic carbocycles. The first-order valence-corrected chi connectivity index (χ1v) is 10.3. The number of hydrogen-bond donors (Lipinski definition) is 0. The first-order valence-electron chi connectivity index (χ1n) is 10.3. The fraction of sp³-hybridized carbons (Fsp3) is 0.476. The van der Waals surface area contributed by atoms with Crippen LogP contribution in [-0.2, 0) is 0 Å². The lowest BCUT2D eigenvalue weighted by Gasteiger charge is -2.40. The number of methoxy groups -OCH3 is 1. The van der Waals surface area contributed by atoms with Crippen molar-refractivity contribution in [1.29, 1.82) is 0 Å². The largest absolute Gasteiger partial charge is 0.481 e. The highest BCUT2D eigenvalue weighted by Gasteiger charge is 2.46. The molecule has 3 aromatic heterocycles. The number of halogens is 2. The highest BCUT2D eigenvalue weighted by molar-refractivity contribution is 5.95. The van der Waals surface area contributed by atoms with Crippen LogP contribution in [-0.4, -0.2) is 54.6 Å². The third-order valence-electron chi connectivity index (χ3n) is 6.34. The number of ether oxygens (including phenoxy) is 1. The molecule has 162 valence electrons. The Kier molecular flexibility index (Phi) is 4.79. The summed E-state index contributed by atoms with van der Waals surface area (Å²) in [6, 6.07) is 4.85. The fourth-order valence-electron chi connectivity index (χ4n) is 5.06. The first kappa shape index (κ1) is 19.8. The molecule has 3 atom stereocenters. The third-order valence-corrected chi connectivity index (χ3v) is 6.34. The Bertz CT molecular complexity index is 1150. The number of piperidine rings is 1. The number of amides is 1. The summed E-state index contributed by atoms with van der Waals surface area (Å²) in [6.45, 7) is 1.82. The number of nitrogens with zero attached hydrogens (tertiary/aromatic N) is 6. The zero-order chi connectivity index (χ0) is 21.7. The number of rotatable bonds is 4. The second kappa shape index (κ2) is 7.51. The van der Waals surface area contributed by atoms with Crippen LogP contribution in [0.25, 0.3) is 5.78 Å². The molecule has 31 heavy (non-hydrogen) atoms. The van der Waals surface area contributed by atoms with Gasteiger partial charge in [0, 0.05) is 35.3 Å². The van der Waals surface area contributed by atoms with Gasteiger partial charge in [-0.2, -0.15) is 10.1 Å². The average Bonchev–Trinajstić information content (AvgIpc) is 3.35. The predicted molar refractivity (Wildman–Crippen MR) is 106 cm³/mol. The maximum Gasteiger partial charge on any atom is 0.280 e. The van der Waals surface area contributed by atoms with Crippen molar-refractivity contribution in [1.82, 2.24) is 29.5 Å². The van der Waals surface area contributed by atoms with Gasteiger partial charge in [0.2, 0.25) is 5.88 Å². The van der Waals surface area contributed by atoms with Crippen LogP contribution in [0.15, 0.2) is 24.5 Å². The van der Waals surface area contributed by atoms with Crippen LogP contribution >= 0.6 is 0 Å². The minimum absolute atomic E-state index is 0.0843. The molecule has 2 unspecified atom stereocenters. The molecule has 0 N–H and O–H groups in total. The molecule has 2 saturated heterocycles. The van der Waals surface area contributed by atoms with Gasteiger partial charge in [-0.05, 0) is 44.7 Å². The maximum atomic E-state index is 13.5. The number of hydrogen-bond acceptors (Lipinski definition) is 6. The molecule has 2 aliphatic rings. The maximum absolute atomic E-state index is 13.5. The number of pyridine rings is 1. The molecule has 2 bridgehead atoms. The van der Waals surface area contributed by atoms with E-state index in [1.54, 1.807) is 12.1 Å². The number of aryl methyl sites for hydroxylation is 1. The Morgan fingerprint density at radius 3 is 2.74 bits per heavy atom. The Morgan fingerprint density at radius 1 is 1.16 bits per heavy atom. The van der Waals surface area contributed by atoms with E-state index in [9.17, 15) is 13.6 Å². The second-order valence-electron chi connectivity index (χ2n) is 8.11. The lowest BCUT2D eigenvalue weighted by Crippen LogP contribution is -2.47. The second-order valence-corrected chi connectivity index (χ2v) is 8.11. The normalized spacial score (nSPS) is 23.0. The van der Waals surface area contributed by atoms with Crippen molar-refractivity contribution in [2.45, 2.75) is 57.0 Å². The monoisotopic (exact) mass is 428 g/mol. The standard InChI is InChI=1S/C21H22F2N6O2/c1-11-7-12(8-18(26-11)31-2)20(30)28-13-3-5-14(16(28)6-4-13)17-9-15(19(22)23)27-21-24-10-25-29(17)21/h7-10,13-14,16,19H,3-6H2,1-2H3/t13-,14?,16?/m1/s1. The Balaban J connectivity index is 1.54. The van der Waals surface area contributed by atoms with Gasteiger partial charge < -0.3 is 9.64 Å². The van der Waals surface area contributed by atoms with Crippen LogP contribution in [0.2, 0.25) is 0 Å². The van der Waals surface area contributed by atoms with Crippen molar-refractivity contribution in [3.8, 4) is 5.88 Å². The van der Waals surface area contributed by atoms with E-state index in [2.05, 4.69) is 20.1 Å². The molecule has 3 aromatic rings. The number of carbonyl (C=O) groups is 1.